The molecule has 1 atom stereocenters. The fraction of sp³-hybridized carbons (Fsp3) is 0.474. The van der Waals surface area contributed by atoms with Gasteiger partial charge >= 0.3 is 0 Å². The number of nitrogens with zero attached hydrogens (tertiary/aromatic N) is 3. The molecule has 0 N–H and O–H groups in total. The van der Waals surface area contributed by atoms with Crippen LogP contribution in [-0.4, -0.2) is 47.6 Å². The zero-order valence-electron chi connectivity index (χ0n) is 15.0. The summed E-state index contributed by atoms with van der Waals surface area (Å²) >= 11 is 1.23. The zero-order chi connectivity index (χ0) is 18.9. The molecule has 8 heteroatoms. The molecule has 2 aromatic heterocycles. The minimum Gasteiger partial charge on any atom is -0.335 e. The molecule has 1 aliphatic carbocycles. The van der Waals surface area contributed by atoms with Gasteiger partial charge in [0, 0.05) is 38.1 Å². The van der Waals surface area contributed by atoms with Gasteiger partial charge in [-0.2, -0.15) is 4.31 Å². The molecule has 1 saturated carbocycles. The van der Waals surface area contributed by atoms with Gasteiger partial charge in [0.2, 0.25) is 5.91 Å². The molecule has 6 nitrogen and oxygen atoms in total. The molecule has 27 heavy (non-hydrogen) atoms. The topological polar surface area (TPSA) is 70.6 Å². The number of piperidine rings is 1. The number of amides is 1. The lowest BCUT2D eigenvalue weighted by Gasteiger charge is -2.34. The number of sulfonamides is 1. The van der Waals surface area contributed by atoms with E-state index in [4.69, 9.17) is 0 Å². The van der Waals surface area contributed by atoms with Gasteiger partial charge in [-0.3, -0.25) is 9.78 Å². The number of aromatic nitrogens is 1. The van der Waals surface area contributed by atoms with Crippen LogP contribution in [0.5, 0.6) is 0 Å². The molecule has 0 aromatic carbocycles. The molecule has 1 amide bonds. The number of hydrogen-bond acceptors (Lipinski definition) is 5. The van der Waals surface area contributed by atoms with Crippen molar-refractivity contribution < 1.29 is 13.2 Å². The van der Waals surface area contributed by atoms with Crippen molar-refractivity contribution in [2.24, 2.45) is 5.92 Å². The SMILES string of the molecule is O=C(C1CCCN(S(=O)(=O)c2cccs2)C1)N(Cc1ccncc1)C1CC1. The van der Waals surface area contributed by atoms with E-state index in [1.807, 2.05) is 17.0 Å². The molecule has 0 radical (unpaired) electrons. The van der Waals surface area contributed by atoms with Crippen LogP contribution >= 0.6 is 11.3 Å². The van der Waals surface area contributed by atoms with Crippen LogP contribution in [0.3, 0.4) is 0 Å². The van der Waals surface area contributed by atoms with Gasteiger partial charge in [-0.25, -0.2) is 8.42 Å². The minimum absolute atomic E-state index is 0.0837. The Hall–Kier alpha value is -1.77. The Morgan fingerprint density at radius 3 is 2.67 bits per heavy atom. The maximum Gasteiger partial charge on any atom is 0.252 e. The van der Waals surface area contributed by atoms with Crippen molar-refractivity contribution in [1.29, 1.82) is 0 Å². The summed E-state index contributed by atoms with van der Waals surface area (Å²) in [5, 5.41) is 1.77. The van der Waals surface area contributed by atoms with Crippen molar-refractivity contribution in [1.82, 2.24) is 14.2 Å². The minimum atomic E-state index is -3.50. The first-order chi connectivity index (χ1) is 13.1. The van der Waals surface area contributed by atoms with Crippen LogP contribution in [0.1, 0.15) is 31.2 Å². The third-order valence-electron chi connectivity index (χ3n) is 5.20. The summed E-state index contributed by atoms with van der Waals surface area (Å²) in [7, 11) is -3.50. The van der Waals surface area contributed by atoms with E-state index in [1.165, 1.54) is 15.6 Å². The predicted octanol–water partition coefficient (Wildman–Crippen LogP) is 2.74. The highest BCUT2D eigenvalue weighted by Crippen LogP contribution is 2.33. The lowest BCUT2D eigenvalue weighted by Crippen LogP contribution is -2.47. The second-order valence-electron chi connectivity index (χ2n) is 7.19. The fourth-order valence-corrected chi connectivity index (χ4v) is 6.26. The normalized spacial score (nSPS) is 21.1. The van der Waals surface area contributed by atoms with Gasteiger partial charge in [0.1, 0.15) is 4.21 Å². The molecule has 4 rings (SSSR count). The monoisotopic (exact) mass is 405 g/mol. The fourth-order valence-electron chi connectivity index (χ4n) is 3.59. The van der Waals surface area contributed by atoms with E-state index in [2.05, 4.69) is 4.98 Å². The molecule has 144 valence electrons. The van der Waals surface area contributed by atoms with E-state index in [9.17, 15) is 13.2 Å². The van der Waals surface area contributed by atoms with Gasteiger partial charge in [-0.05, 0) is 54.8 Å². The molecule has 2 aromatic rings. The Bertz CT molecular complexity index is 880. The molecular weight excluding hydrogens is 382 g/mol. The van der Waals surface area contributed by atoms with Crippen LogP contribution in [-0.2, 0) is 21.4 Å². The van der Waals surface area contributed by atoms with Crippen LogP contribution in [0.25, 0.3) is 0 Å². The number of hydrogen-bond donors (Lipinski definition) is 0. The van der Waals surface area contributed by atoms with Crippen LogP contribution in [0.15, 0.2) is 46.2 Å². The van der Waals surface area contributed by atoms with Gasteiger partial charge in [0.15, 0.2) is 0 Å². The second-order valence-corrected chi connectivity index (χ2v) is 10.3. The Kier molecular flexibility index (Phi) is 5.29. The quantitative estimate of drug-likeness (QED) is 0.741. The number of carbonyl (C=O) groups is 1. The van der Waals surface area contributed by atoms with Crippen LogP contribution in [0.2, 0.25) is 0 Å². The van der Waals surface area contributed by atoms with Gasteiger partial charge in [-0.15, -0.1) is 11.3 Å². The average Bonchev–Trinajstić information content (AvgIpc) is 3.38. The summed E-state index contributed by atoms with van der Waals surface area (Å²) in [5.74, 6) is -0.184. The van der Waals surface area contributed by atoms with Gasteiger partial charge in [0.05, 0.1) is 5.92 Å². The lowest BCUT2D eigenvalue weighted by molar-refractivity contribution is -0.138. The molecule has 2 fully saturated rings. The highest BCUT2D eigenvalue weighted by Gasteiger charge is 2.39. The molecule has 2 aliphatic rings. The van der Waals surface area contributed by atoms with Gasteiger partial charge in [-0.1, -0.05) is 6.07 Å². The van der Waals surface area contributed by atoms with E-state index in [1.54, 1.807) is 29.9 Å². The summed E-state index contributed by atoms with van der Waals surface area (Å²) in [6, 6.07) is 7.52. The Morgan fingerprint density at radius 1 is 1.22 bits per heavy atom. The predicted molar refractivity (Wildman–Crippen MR) is 104 cm³/mol. The molecule has 3 heterocycles. The Balaban J connectivity index is 1.49. The highest BCUT2D eigenvalue weighted by molar-refractivity contribution is 7.91. The number of thiophene rings is 1. The van der Waals surface area contributed by atoms with Crippen molar-refractivity contribution in [3.8, 4) is 0 Å². The third kappa shape index (κ3) is 4.07. The first-order valence-corrected chi connectivity index (χ1v) is 11.6. The second kappa shape index (κ2) is 7.69. The first-order valence-electron chi connectivity index (χ1n) is 9.29. The maximum atomic E-state index is 13.2. The lowest BCUT2D eigenvalue weighted by atomic mass is 9.97. The molecular formula is C19H23N3O3S2. The van der Waals surface area contributed by atoms with Crippen molar-refractivity contribution in [2.75, 3.05) is 13.1 Å². The standard InChI is InChI=1S/C19H23N3O3S2/c23-19(22(17-5-6-17)13-15-7-9-20-10-8-15)16-3-1-11-21(14-16)27(24,25)18-4-2-12-26-18/h2,4,7-10,12,16-17H,1,3,5-6,11,13-14H2. The highest BCUT2D eigenvalue weighted by atomic mass is 32.2. The summed E-state index contributed by atoms with van der Waals surface area (Å²) < 4.78 is 27.5. The van der Waals surface area contributed by atoms with Gasteiger partial charge in [0.25, 0.3) is 10.0 Å². The average molecular weight is 406 g/mol. The van der Waals surface area contributed by atoms with E-state index >= 15 is 0 Å². The van der Waals surface area contributed by atoms with Crippen molar-refractivity contribution in [3.63, 3.8) is 0 Å². The molecule has 1 aliphatic heterocycles. The Morgan fingerprint density at radius 2 is 2.00 bits per heavy atom. The van der Waals surface area contributed by atoms with Crippen molar-refractivity contribution in [2.45, 2.75) is 42.5 Å². The van der Waals surface area contributed by atoms with Crippen LogP contribution in [0, 0.1) is 5.92 Å². The van der Waals surface area contributed by atoms with E-state index in [0.717, 1.165) is 31.2 Å². The molecule has 1 saturated heterocycles. The summed E-state index contributed by atoms with van der Waals surface area (Å²) in [6.45, 7) is 1.33. The van der Waals surface area contributed by atoms with Crippen molar-refractivity contribution in [3.05, 3.63) is 47.6 Å². The summed E-state index contributed by atoms with van der Waals surface area (Å²) in [6.07, 6.45) is 6.99. The zero-order valence-corrected chi connectivity index (χ0v) is 16.7. The number of pyridine rings is 1. The van der Waals surface area contributed by atoms with Crippen molar-refractivity contribution >= 4 is 27.3 Å². The largest absolute Gasteiger partial charge is 0.335 e. The van der Waals surface area contributed by atoms with E-state index < -0.39 is 10.0 Å². The van der Waals surface area contributed by atoms with Crippen LogP contribution < -0.4 is 0 Å². The smallest absolute Gasteiger partial charge is 0.252 e. The molecule has 1 unspecified atom stereocenters. The van der Waals surface area contributed by atoms with Gasteiger partial charge < -0.3 is 4.90 Å². The maximum absolute atomic E-state index is 13.2. The van der Waals surface area contributed by atoms with Crippen LogP contribution in [0.4, 0.5) is 0 Å². The van der Waals surface area contributed by atoms with E-state index in [-0.39, 0.29) is 24.4 Å². The first kappa shape index (κ1) is 18.6. The number of rotatable bonds is 6. The number of carbonyl (C=O) groups excluding carboxylic acids is 1. The third-order valence-corrected chi connectivity index (χ3v) is 8.43. The molecule has 0 bridgehead atoms. The summed E-state index contributed by atoms with van der Waals surface area (Å²) in [4.78, 5) is 19.2. The van der Waals surface area contributed by atoms with E-state index in [0.29, 0.717) is 17.3 Å². The summed E-state index contributed by atoms with van der Waals surface area (Å²) in [5.41, 5.74) is 1.06. The molecule has 0 spiro atoms. The Labute approximate surface area is 163 Å².